The summed E-state index contributed by atoms with van der Waals surface area (Å²) in [4.78, 5) is 8.28. The van der Waals surface area contributed by atoms with E-state index in [2.05, 4.69) is 9.97 Å². The van der Waals surface area contributed by atoms with Crippen molar-refractivity contribution in [2.45, 2.75) is 37.7 Å². The molecule has 1 aromatic rings. The maximum absolute atomic E-state index is 9.36. The lowest BCUT2D eigenvalue weighted by Crippen LogP contribution is -2.17. The van der Waals surface area contributed by atoms with Crippen molar-refractivity contribution in [3.8, 4) is 0 Å². The molecule has 1 aromatic heterocycles. The molecule has 0 spiro atoms. The average molecular weight is 193 g/mol. The molecule has 76 valence electrons. The molecule has 1 heterocycles. The van der Waals surface area contributed by atoms with Gasteiger partial charge in [0.1, 0.15) is 5.82 Å². The number of hydrogen-bond acceptors (Lipinski definition) is 4. The maximum atomic E-state index is 9.36. The summed E-state index contributed by atoms with van der Waals surface area (Å²) in [6.07, 6.45) is 6.97. The number of nitrogen functional groups attached to an aromatic ring is 1. The second-order valence-corrected chi connectivity index (χ2v) is 3.87. The van der Waals surface area contributed by atoms with Gasteiger partial charge in [-0.3, -0.25) is 4.98 Å². The standard InChI is InChI=1S/C10H15N3O/c11-10-6-12-9(5-13-10)7-1-3-8(14)4-2-7/h5-8,14H,1-4H2,(H2,11,13)/t7-,8+. The van der Waals surface area contributed by atoms with Crippen LogP contribution in [0.5, 0.6) is 0 Å². The molecular formula is C10H15N3O. The maximum Gasteiger partial charge on any atom is 0.141 e. The van der Waals surface area contributed by atoms with Crippen LogP contribution in [0.25, 0.3) is 0 Å². The topological polar surface area (TPSA) is 72.0 Å². The van der Waals surface area contributed by atoms with Crippen molar-refractivity contribution in [2.75, 3.05) is 5.73 Å². The van der Waals surface area contributed by atoms with Crippen molar-refractivity contribution in [3.63, 3.8) is 0 Å². The lowest BCUT2D eigenvalue weighted by atomic mass is 9.85. The van der Waals surface area contributed by atoms with E-state index in [1.165, 1.54) is 0 Å². The third-order valence-corrected chi connectivity index (χ3v) is 2.81. The number of hydrogen-bond donors (Lipinski definition) is 2. The van der Waals surface area contributed by atoms with E-state index >= 15 is 0 Å². The molecule has 1 aliphatic carbocycles. The molecular weight excluding hydrogens is 178 g/mol. The molecule has 0 bridgehead atoms. The predicted octanol–water partition coefficient (Wildman–Crippen LogP) is 1.08. The first-order valence-corrected chi connectivity index (χ1v) is 5.01. The van der Waals surface area contributed by atoms with E-state index in [-0.39, 0.29) is 6.10 Å². The minimum Gasteiger partial charge on any atom is -0.393 e. The summed E-state index contributed by atoms with van der Waals surface area (Å²) >= 11 is 0. The third-order valence-electron chi connectivity index (χ3n) is 2.81. The highest BCUT2D eigenvalue weighted by Gasteiger charge is 2.21. The summed E-state index contributed by atoms with van der Waals surface area (Å²) in [7, 11) is 0. The first kappa shape index (κ1) is 9.40. The van der Waals surface area contributed by atoms with Gasteiger partial charge in [0, 0.05) is 5.92 Å². The highest BCUT2D eigenvalue weighted by Crippen LogP contribution is 2.31. The molecule has 0 unspecified atom stereocenters. The fraction of sp³-hybridized carbons (Fsp3) is 0.600. The van der Waals surface area contributed by atoms with Gasteiger partial charge in [0.05, 0.1) is 24.2 Å². The first-order chi connectivity index (χ1) is 6.75. The second-order valence-electron chi connectivity index (χ2n) is 3.87. The zero-order chi connectivity index (χ0) is 9.97. The monoisotopic (exact) mass is 193 g/mol. The Hall–Kier alpha value is -1.16. The van der Waals surface area contributed by atoms with Crippen molar-refractivity contribution >= 4 is 5.82 Å². The van der Waals surface area contributed by atoms with Crippen LogP contribution in [-0.2, 0) is 0 Å². The van der Waals surface area contributed by atoms with Crippen molar-refractivity contribution < 1.29 is 5.11 Å². The fourth-order valence-electron chi connectivity index (χ4n) is 1.93. The van der Waals surface area contributed by atoms with E-state index in [1.807, 2.05) is 0 Å². The summed E-state index contributed by atoms with van der Waals surface area (Å²) in [5, 5.41) is 9.36. The van der Waals surface area contributed by atoms with E-state index in [0.29, 0.717) is 11.7 Å². The van der Waals surface area contributed by atoms with Gasteiger partial charge in [0.15, 0.2) is 0 Å². The van der Waals surface area contributed by atoms with Gasteiger partial charge < -0.3 is 10.8 Å². The van der Waals surface area contributed by atoms with Crippen LogP contribution in [0, 0.1) is 0 Å². The molecule has 2 rings (SSSR count). The van der Waals surface area contributed by atoms with Crippen molar-refractivity contribution in [3.05, 3.63) is 18.1 Å². The summed E-state index contributed by atoms with van der Waals surface area (Å²) in [5.74, 6) is 0.913. The van der Waals surface area contributed by atoms with E-state index in [0.717, 1.165) is 31.4 Å². The molecule has 0 aromatic carbocycles. The number of rotatable bonds is 1. The molecule has 0 aliphatic heterocycles. The molecule has 4 nitrogen and oxygen atoms in total. The van der Waals surface area contributed by atoms with Crippen LogP contribution in [-0.4, -0.2) is 21.2 Å². The Morgan fingerprint density at radius 2 is 1.86 bits per heavy atom. The second kappa shape index (κ2) is 3.92. The molecule has 1 fully saturated rings. The van der Waals surface area contributed by atoms with Gasteiger partial charge in [-0.15, -0.1) is 0 Å². The van der Waals surface area contributed by atoms with Gasteiger partial charge in [-0.1, -0.05) is 0 Å². The molecule has 3 N–H and O–H groups in total. The number of aliphatic hydroxyl groups is 1. The Labute approximate surface area is 83.2 Å². The normalized spacial score (nSPS) is 27.5. The van der Waals surface area contributed by atoms with Crippen LogP contribution in [0.4, 0.5) is 5.82 Å². The van der Waals surface area contributed by atoms with Gasteiger partial charge in [0.2, 0.25) is 0 Å². The number of aromatic nitrogens is 2. The zero-order valence-electron chi connectivity index (χ0n) is 8.06. The van der Waals surface area contributed by atoms with Crippen LogP contribution in [0.1, 0.15) is 37.3 Å². The average Bonchev–Trinajstić information content (AvgIpc) is 2.21. The summed E-state index contributed by atoms with van der Waals surface area (Å²) < 4.78 is 0. The van der Waals surface area contributed by atoms with Crippen molar-refractivity contribution in [1.82, 2.24) is 9.97 Å². The highest BCUT2D eigenvalue weighted by molar-refractivity contribution is 5.23. The summed E-state index contributed by atoms with van der Waals surface area (Å²) in [6, 6.07) is 0. The van der Waals surface area contributed by atoms with Gasteiger partial charge in [0.25, 0.3) is 0 Å². The highest BCUT2D eigenvalue weighted by atomic mass is 16.3. The lowest BCUT2D eigenvalue weighted by molar-refractivity contribution is 0.122. The van der Waals surface area contributed by atoms with Crippen LogP contribution in [0.2, 0.25) is 0 Å². The van der Waals surface area contributed by atoms with Gasteiger partial charge in [-0.25, -0.2) is 4.98 Å². The van der Waals surface area contributed by atoms with Crippen LogP contribution in [0.15, 0.2) is 12.4 Å². The number of anilines is 1. The molecule has 0 amide bonds. The van der Waals surface area contributed by atoms with Gasteiger partial charge >= 0.3 is 0 Å². The van der Waals surface area contributed by atoms with E-state index in [1.54, 1.807) is 12.4 Å². The van der Waals surface area contributed by atoms with E-state index < -0.39 is 0 Å². The Balaban J connectivity index is 2.05. The number of nitrogens with two attached hydrogens (primary N) is 1. The summed E-state index contributed by atoms with van der Waals surface area (Å²) in [6.45, 7) is 0. The third kappa shape index (κ3) is 2.01. The molecule has 0 atom stereocenters. The molecule has 0 saturated heterocycles. The Morgan fingerprint density at radius 1 is 1.14 bits per heavy atom. The molecule has 0 radical (unpaired) electrons. The minimum atomic E-state index is -0.118. The smallest absolute Gasteiger partial charge is 0.141 e. The van der Waals surface area contributed by atoms with Crippen molar-refractivity contribution in [2.24, 2.45) is 0 Å². The Morgan fingerprint density at radius 3 is 2.43 bits per heavy atom. The largest absolute Gasteiger partial charge is 0.393 e. The van der Waals surface area contributed by atoms with Crippen molar-refractivity contribution in [1.29, 1.82) is 0 Å². The van der Waals surface area contributed by atoms with Gasteiger partial charge in [-0.2, -0.15) is 0 Å². The van der Waals surface area contributed by atoms with Gasteiger partial charge in [-0.05, 0) is 25.7 Å². The number of nitrogens with zero attached hydrogens (tertiary/aromatic N) is 2. The molecule has 14 heavy (non-hydrogen) atoms. The van der Waals surface area contributed by atoms with Crippen LogP contribution in [0.3, 0.4) is 0 Å². The minimum absolute atomic E-state index is 0.118. The van der Waals surface area contributed by atoms with E-state index in [4.69, 9.17) is 5.73 Å². The molecule has 4 heteroatoms. The Bertz CT molecular complexity index is 291. The molecule has 1 saturated carbocycles. The fourth-order valence-corrected chi connectivity index (χ4v) is 1.93. The quantitative estimate of drug-likeness (QED) is 0.700. The summed E-state index contributed by atoms with van der Waals surface area (Å²) in [5.41, 5.74) is 6.47. The predicted molar refractivity (Wildman–Crippen MR) is 53.7 cm³/mol. The van der Waals surface area contributed by atoms with E-state index in [9.17, 15) is 5.11 Å². The SMILES string of the molecule is Nc1cnc([C@H]2CC[C@@H](O)CC2)cn1. The Kier molecular flexibility index (Phi) is 2.63. The van der Waals surface area contributed by atoms with Crippen LogP contribution < -0.4 is 5.73 Å². The zero-order valence-corrected chi connectivity index (χ0v) is 8.06. The van der Waals surface area contributed by atoms with Crippen LogP contribution >= 0.6 is 0 Å². The molecule has 1 aliphatic rings. The lowest BCUT2D eigenvalue weighted by Gasteiger charge is -2.24. The first-order valence-electron chi connectivity index (χ1n) is 5.01. The number of aliphatic hydroxyl groups excluding tert-OH is 1.